The lowest BCUT2D eigenvalue weighted by molar-refractivity contribution is 0.0227. The molecule has 0 aromatic heterocycles. The zero-order valence-corrected chi connectivity index (χ0v) is 13.7. The minimum atomic E-state index is -0.993. The molecule has 3 atom stereocenters. The molecule has 126 valence electrons. The van der Waals surface area contributed by atoms with Gasteiger partial charge >= 0.3 is 0 Å². The third kappa shape index (κ3) is 3.86. The van der Waals surface area contributed by atoms with Crippen LogP contribution in [0.5, 0.6) is 5.75 Å². The van der Waals surface area contributed by atoms with E-state index in [9.17, 15) is 10.2 Å². The molecule has 0 fully saturated rings. The molecule has 0 saturated heterocycles. The highest BCUT2D eigenvalue weighted by Crippen LogP contribution is 2.41. The van der Waals surface area contributed by atoms with Gasteiger partial charge in [0.25, 0.3) is 0 Å². The molecule has 0 radical (unpaired) electrons. The topological polar surface area (TPSA) is 49.7 Å². The first-order valence-electron chi connectivity index (χ1n) is 8.52. The molecule has 3 heteroatoms. The van der Waals surface area contributed by atoms with Crippen LogP contribution in [0.1, 0.15) is 30.7 Å². The van der Waals surface area contributed by atoms with E-state index < -0.39 is 11.7 Å². The second kappa shape index (κ2) is 7.65. The van der Waals surface area contributed by atoms with Crippen molar-refractivity contribution in [3.05, 3.63) is 78.4 Å². The highest BCUT2D eigenvalue weighted by atomic mass is 16.5. The number of unbranched alkanes of at least 4 members (excludes halogenated alkanes) is 1. The minimum Gasteiger partial charge on any atom is -0.494 e. The SMILES string of the molecule is O[C@@H]1C=C[C@](O)(CCCCOc2ccccc2)[C@H]1c1ccccc1. The summed E-state index contributed by atoms with van der Waals surface area (Å²) >= 11 is 0. The van der Waals surface area contributed by atoms with Crippen LogP contribution in [0.2, 0.25) is 0 Å². The molecular formula is C21H24O3. The molecule has 3 rings (SSSR count). The largest absolute Gasteiger partial charge is 0.494 e. The van der Waals surface area contributed by atoms with Gasteiger partial charge in [-0.15, -0.1) is 0 Å². The third-order valence-corrected chi connectivity index (χ3v) is 4.60. The molecule has 1 aliphatic carbocycles. The summed E-state index contributed by atoms with van der Waals surface area (Å²) in [4.78, 5) is 0. The number of ether oxygens (including phenoxy) is 1. The number of hydrogen-bond donors (Lipinski definition) is 2. The van der Waals surface area contributed by atoms with Gasteiger partial charge in [-0.2, -0.15) is 0 Å². The summed E-state index contributed by atoms with van der Waals surface area (Å²) in [6, 6.07) is 19.5. The summed E-state index contributed by atoms with van der Waals surface area (Å²) < 4.78 is 5.69. The number of hydrogen-bond acceptors (Lipinski definition) is 3. The summed E-state index contributed by atoms with van der Waals surface area (Å²) in [5.74, 6) is 0.572. The molecule has 0 bridgehead atoms. The van der Waals surface area contributed by atoms with Crippen molar-refractivity contribution < 1.29 is 14.9 Å². The second-order valence-corrected chi connectivity index (χ2v) is 6.35. The molecular weight excluding hydrogens is 300 g/mol. The highest BCUT2D eigenvalue weighted by Gasteiger charge is 2.42. The number of aliphatic hydroxyl groups is 2. The van der Waals surface area contributed by atoms with E-state index in [2.05, 4.69) is 0 Å². The van der Waals surface area contributed by atoms with Crippen molar-refractivity contribution in [1.29, 1.82) is 0 Å². The summed E-state index contributed by atoms with van der Waals surface area (Å²) in [6.45, 7) is 0.627. The molecule has 0 heterocycles. The van der Waals surface area contributed by atoms with Crippen molar-refractivity contribution in [3.8, 4) is 5.75 Å². The summed E-state index contributed by atoms with van der Waals surface area (Å²) in [6.07, 6.45) is 5.13. The molecule has 0 amide bonds. The van der Waals surface area contributed by atoms with Crippen LogP contribution >= 0.6 is 0 Å². The van der Waals surface area contributed by atoms with Crippen molar-refractivity contribution in [2.75, 3.05) is 6.61 Å². The lowest BCUT2D eigenvalue weighted by Gasteiger charge is -2.31. The summed E-state index contributed by atoms with van der Waals surface area (Å²) in [5.41, 5.74) is -0.0221. The molecule has 0 saturated carbocycles. The van der Waals surface area contributed by atoms with E-state index >= 15 is 0 Å². The van der Waals surface area contributed by atoms with E-state index in [-0.39, 0.29) is 5.92 Å². The molecule has 0 spiro atoms. The van der Waals surface area contributed by atoms with Crippen molar-refractivity contribution >= 4 is 0 Å². The third-order valence-electron chi connectivity index (χ3n) is 4.60. The van der Waals surface area contributed by atoms with Crippen LogP contribution in [0.15, 0.2) is 72.8 Å². The second-order valence-electron chi connectivity index (χ2n) is 6.35. The predicted molar refractivity (Wildman–Crippen MR) is 95.1 cm³/mol. The fourth-order valence-corrected chi connectivity index (χ4v) is 3.38. The Morgan fingerprint density at radius 2 is 1.58 bits per heavy atom. The smallest absolute Gasteiger partial charge is 0.119 e. The van der Waals surface area contributed by atoms with Crippen LogP contribution in [-0.4, -0.2) is 28.5 Å². The first kappa shape index (κ1) is 16.7. The first-order valence-corrected chi connectivity index (χ1v) is 8.52. The van der Waals surface area contributed by atoms with Crippen molar-refractivity contribution in [3.63, 3.8) is 0 Å². The van der Waals surface area contributed by atoms with Crippen molar-refractivity contribution in [2.24, 2.45) is 0 Å². The zero-order valence-electron chi connectivity index (χ0n) is 13.7. The van der Waals surface area contributed by atoms with Gasteiger partial charge in [-0.3, -0.25) is 0 Å². The molecule has 0 aliphatic heterocycles. The van der Waals surface area contributed by atoms with E-state index in [1.54, 1.807) is 12.2 Å². The number of aliphatic hydroxyl groups excluding tert-OH is 1. The maximum Gasteiger partial charge on any atom is 0.119 e. The van der Waals surface area contributed by atoms with E-state index in [0.29, 0.717) is 13.0 Å². The average Bonchev–Trinajstić information content (AvgIpc) is 2.91. The molecule has 3 nitrogen and oxygen atoms in total. The van der Waals surface area contributed by atoms with Gasteiger partial charge in [0.05, 0.1) is 18.3 Å². The van der Waals surface area contributed by atoms with Gasteiger partial charge in [0.1, 0.15) is 5.75 Å². The zero-order chi connectivity index (χ0) is 16.8. The van der Waals surface area contributed by atoms with E-state index in [4.69, 9.17) is 4.74 Å². The Balaban J connectivity index is 1.52. The number of rotatable bonds is 7. The van der Waals surface area contributed by atoms with Gasteiger partial charge in [0.2, 0.25) is 0 Å². The van der Waals surface area contributed by atoms with Crippen molar-refractivity contribution in [2.45, 2.75) is 36.9 Å². The average molecular weight is 324 g/mol. The van der Waals surface area contributed by atoms with Crippen LogP contribution in [0, 0.1) is 0 Å². The fourth-order valence-electron chi connectivity index (χ4n) is 3.38. The Labute approximate surface area is 143 Å². The molecule has 2 aromatic carbocycles. The number of para-hydroxylation sites is 1. The van der Waals surface area contributed by atoms with E-state index in [1.165, 1.54) is 0 Å². The van der Waals surface area contributed by atoms with Crippen molar-refractivity contribution in [1.82, 2.24) is 0 Å². The maximum absolute atomic E-state index is 11.0. The predicted octanol–water partition coefficient (Wildman–Crippen LogP) is 3.68. The summed E-state index contributed by atoms with van der Waals surface area (Å²) in [7, 11) is 0. The van der Waals surface area contributed by atoms with E-state index in [1.807, 2.05) is 60.7 Å². The lowest BCUT2D eigenvalue weighted by Crippen LogP contribution is -2.35. The fraction of sp³-hybridized carbons (Fsp3) is 0.333. The van der Waals surface area contributed by atoms with Crippen LogP contribution in [0.25, 0.3) is 0 Å². The first-order chi connectivity index (χ1) is 11.7. The molecule has 1 aliphatic rings. The Kier molecular flexibility index (Phi) is 5.34. The standard InChI is InChI=1S/C21H24O3/c22-19-13-15-21(23,20(19)17-9-3-1-4-10-17)14-7-8-16-24-18-11-5-2-6-12-18/h1-6,9-13,15,19-20,22-23H,7-8,14,16H2/t19-,20+,21-/m1/s1. The normalized spacial score (nSPS) is 25.8. The van der Waals surface area contributed by atoms with Crippen LogP contribution in [-0.2, 0) is 0 Å². The Morgan fingerprint density at radius 1 is 0.917 bits per heavy atom. The van der Waals surface area contributed by atoms with Crippen LogP contribution in [0.4, 0.5) is 0 Å². The Bertz CT molecular complexity index is 653. The van der Waals surface area contributed by atoms with Gasteiger partial charge < -0.3 is 14.9 Å². The Morgan fingerprint density at radius 3 is 2.29 bits per heavy atom. The molecule has 2 N–H and O–H groups in total. The van der Waals surface area contributed by atoms with Gasteiger partial charge in [-0.25, -0.2) is 0 Å². The van der Waals surface area contributed by atoms with E-state index in [0.717, 1.165) is 24.2 Å². The van der Waals surface area contributed by atoms with Gasteiger partial charge in [-0.1, -0.05) is 60.7 Å². The monoisotopic (exact) mass is 324 g/mol. The quantitative estimate of drug-likeness (QED) is 0.603. The molecule has 24 heavy (non-hydrogen) atoms. The molecule has 0 unspecified atom stereocenters. The lowest BCUT2D eigenvalue weighted by atomic mass is 9.80. The highest BCUT2D eigenvalue weighted by molar-refractivity contribution is 5.33. The van der Waals surface area contributed by atoms with Crippen LogP contribution in [0.3, 0.4) is 0 Å². The van der Waals surface area contributed by atoms with Gasteiger partial charge in [0.15, 0.2) is 0 Å². The number of benzene rings is 2. The minimum absolute atomic E-state index is 0.297. The molecule has 2 aromatic rings. The maximum atomic E-state index is 11.0. The summed E-state index contributed by atoms with van der Waals surface area (Å²) in [5, 5.41) is 21.3. The van der Waals surface area contributed by atoms with Crippen LogP contribution < -0.4 is 4.74 Å². The van der Waals surface area contributed by atoms with Gasteiger partial charge in [-0.05, 0) is 37.0 Å². The Hall–Kier alpha value is -2.10. The van der Waals surface area contributed by atoms with Gasteiger partial charge in [0, 0.05) is 5.92 Å².